The molecule has 7 nitrogen and oxygen atoms in total. The van der Waals surface area contributed by atoms with Gasteiger partial charge in [0, 0.05) is 25.0 Å². The Morgan fingerprint density at radius 2 is 2.03 bits per heavy atom. The van der Waals surface area contributed by atoms with Gasteiger partial charge in [-0.3, -0.25) is 9.59 Å². The predicted octanol–water partition coefficient (Wildman–Crippen LogP) is 2.88. The minimum absolute atomic E-state index is 0.0958. The number of thiophene rings is 1. The first-order valence-corrected chi connectivity index (χ1v) is 10.4. The van der Waals surface area contributed by atoms with E-state index in [1.165, 1.54) is 18.3 Å². The zero-order chi connectivity index (χ0) is 20.6. The van der Waals surface area contributed by atoms with Crippen molar-refractivity contribution in [1.82, 2.24) is 10.6 Å². The van der Waals surface area contributed by atoms with Crippen molar-refractivity contribution in [3.63, 3.8) is 0 Å². The minimum atomic E-state index is -0.151. The Hall–Kier alpha value is -2.58. The van der Waals surface area contributed by atoms with E-state index < -0.39 is 0 Å². The lowest BCUT2D eigenvalue weighted by Gasteiger charge is -2.15. The van der Waals surface area contributed by atoms with E-state index in [4.69, 9.17) is 14.2 Å². The summed E-state index contributed by atoms with van der Waals surface area (Å²) >= 11 is 1.36. The first-order chi connectivity index (χ1) is 14.0. The van der Waals surface area contributed by atoms with Crippen LogP contribution in [0, 0.1) is 0 Å². The van der Waals surface area contributed by atoms with Gasteiger partial charge in [-0.2, -0.15) is 0 Å². The number of rotatable bonds is 9. The van der Waals surface area contributed by atoms with E-state index in [9.17, 15) is 9.59 Å². The van der Waals surface area contributed by atoms with Gasteiger partial charge in [0.25, 0.3) is 5.91 Å². The highest BCUT2D eigenvalue weighted by molar-refractivity contribution is 7.14. The molecule has 1 atom stereocenters. The van der Waals surface area contributed by atoms with Gasteiger partial charge in [-0.05, 0) is 42.7 Å². The molecule has 8 heteroatoms. The molecule has 1 aromatic heterocycles. The second kappa shape index (κ2) is 10.3. The third-order valence-electron chi connectivity index (χ3n) is 4.53. The van der Waals surface area contributed by atoms with Crippen molar-refractivity contribution in [3.05, 3.63) is 45.6 Å². The standard InChI is InChI=1S/C21H26N2O5S/c1-14(24)22-12-17-6-8-20(29-17)21(25)23-11-15-5-7-18(19(10-15)26-2)28-13-16-4-3-9-27-16/h5-8,10,16H,3-4,9,11-13H2,1-2H3,(H,22,24)(H,23,25). The van der Waals surface area contributed by atoms with Crippen molar-refractivity contribution in [2.75, 3.05) is 20.3 Å². The van der Waals surface area contributed by atoms with Gasteiger partial charge in [0.1, 0.15) is 6.61 Å². The summed E-state index contributed by atoms with van der Waals surface area (Å²) in [5.41, 5.74) is 0.912. The van der Waals surface area contributed by atoms with Crippen molar-refractivity contribution in [1.29, 1.82) is 0 Å². The molecule has 0 spiro atoms. The quantitative estimate of drug-likeness (QED) is 0.654. The normalized spacial score (nSPS) is 15.7. The zero-order valence-electron chi connectivity index (χ0n) is 16.7. The molecule has 2 heterocycles. The summed E-state index contributed by atoms with van der Waals surface area (Å²) in [6.07, 6.45) is 2.23. The number of methoxy groups -OCH3 is 1. The number of hydrogen-bond acceptors (Lipinski definition) is 6. The van der Waals surface area contributed by atoms with Gasteiger partial charge in [0.15, 0.2) is 11.5 Å². The molecule has 1 fully saturated rings. The summed E-state index contributed by atoms with van der Waals surface area (Å²) < 4.78 is 16.8. The number of carbonyl (C=O) groups is 2. The number of nitrogens with one attached hydrogen (secondary N) is 2. The SMILES string of the molecule is COc1cc(CNC(=O)c2ccc(CNC(C)=O)s2)ccc1OCC1CCCO1. The van der Waals surface area contributed by atoms with Gasteiger partial charge in [0.2, 0.25) is 5.91 Å². The first-order valence-electron chi connectivity index (χ1n) is 9.58. The molecule has 1 aromatic carbocycles. The van der Waals surface area contributed by atoms with Gasteiger partial charge in [-0.25, -0.2) is 0 Å². The van der Waals surface area contributed by atoms with E-state index in [1.54, 1.807) is 13.2 Å². The lowest BCUT2D eigenvalue weighted by Crippen LogP contribution is -2.22. The van der Waals surface area contributed by atoms with Gasteiger partial charge >= 0.3 is 0 Å². The third-order valence-corrected chi connectivity index (χ3v) is 5.61. The Bertz CT molecular complexity index is 845. The molecule has 2 amide bonds. The zero-order valence-corrected chi connectivity index (χ0v) is 17.5. The van der Waals surface area contributed by atoms with Crippen LogP contribution in [0.2, 0.25) is 0 Å². The lowest BCUT2D eigenvalue weighted by molar-refractivity contribution is -0.119. The van der Waals surface area contributed by atoms with E-state index in [2.05, 4.69) is 10.6 Å². The molecule has 2 aromatic rings. The maximum atomic E-state index is 12.4. The number of hydrogen-bond donors (Lipinski definition) is 2. The minimum Gasteiger partial charge on any atom is -0.493 e. The van der Waals surface area contributed by atoms with Crippen molar-refractivity contribution in [3.8, 4) is 11.5 Å². The van der Waals surface area contributed by atoms with Crippen LogP contribution in [0.25, 0.3) is 0 Å². The van der Waals surface area contributed by atoms with E-state index in [1.807, 2.05) is 24.3 Å². The number of benzene rings is 1. The van der Waals surface area contributed by atoms with Crippen molar-refractivity contribution < 1.29 is 23.8 Å². The Morgan fingerprint density at radius 1 is 1.17 bits per heavy atom. The molecular formula is C21H26N2O5S. The van der Waals surface area contributed by atoms with Crippen LogP contribution >= 0.6 is 11.3 Å². The van der Waals surface area contributed by atoms with Crippen LogP contribution < -0.4 is 20.1 Å². The smallest absolute Gasteiger partial charge is 0.261 e. The highest BCUT2D eigenvalue weighted by Gasteiger charge is 2.17. The molecule has 156 valence electrons. The Morgan fingerprint density at radius 3 is 2.76 bits per heavy atom. The molecular weight excluding hydrogens is 392 g/mol. The van der Waals surface area contributed by atoms with Crippen molar-refractivity contribution in [2.45, 2.75) is 39.0 Å². The summed E-state index contributed by atoms with van der Waals surface area (Å²) in [6, 6.07) is 9.23. The molecule has 0 aliphatic carbocycles. The summed E-state index contributed by atoms with van der Waals surface area (Å²) in [5, 5.41) is 5.63. The van der Waals surface area contributed by atoms with E-state index in [0.29, 0.717) is 36.1 Å². The Kier molecular flexibility index (Phi) is 7.48. The molecule has 1 aliphatic rings. The largest absolute Gasteiger partial charge is 0.493 e. The number of amides is 2. The lowest BCUT2D eigenvalue weighted by atomic mass is 10.2. The average Bonchev–Trinajstić information content (AvgIpc) is 3.41. The van der Waals surface area contributed by atoms with Gasteiger partial charge in [-0.1, -0.05) is 6.07 Å². The average molecular weight is 419 g/mol. The van der Waals surface area contributed by atoms with Crippen LogP contribution in [0.15, 0.2) is 30.3 Å². The summed E-state index contributed by atoms with van der Waals surface area (Å²) in [7, 11) is 1.60. The first kappa shape index (κ1) is 21.1. The van der Waals surface area contributed by atoms with Crippen LogP contribution in [0.3, 0.4) is 0 Å². The predicted molar refractivity (Wildman–Crippen MR) is 110 cm³/mol. The van der Waals surface area contributed by atoms with Gasteiger partial charge in [-0.15, -0.1) is 11.3 Å². The molecule has 0 radical (unpaired) electrons. The van der Waals surface area contributed by atoms with E-state index in [0.717, 1.165) is 29.9 Å². The van der Waals surface area contributed by atoms with E-state index >= 15 is 0 Å². The van der Waals surface area contributed by atoms with Crippen molar-refractivity contribution >= 4 is 23.2 Å². The maximum absolute atomic E-state index is 12.4. The molecule has 29 heavy (non-hydrogen) atoms. The topological polar surface area (TPSA) is 85.9 Å². The van der Waals surface area contributed by atoms with Crippen LogP contribution in [0.5, 0.6) is 11.5 Å². The molecule has 3 rings (SSSR count). The fourth-order valence-corrected chi connectivity index (χ4v) is 3.84. The van der Waals surface area contributed by atoms with Crippen LogP contribution in [-0.2, 0) is 22.6 Å². The molecule has 2 N–H and O–H groups in total. The summed E-state index contributed by atoms with van der Waals surface area (Å²) in [6.45, 7) is 3.57. The fourth-order valence-electron chi connectivity index (χ4n) is 2.98. The molecule has 1 saturated heterocycles. The third kappa shape index (κ3) is 6.20. The Balaban J connectivity index is 1.53. The maximum Gasteiger partial charge on any atom is 0.261 e. The molecule has 0 bridgehead atoms. The summed E-state index contributed by atoms with van der Waals surface area (Å²) in [4.78, 5) is 24.9. The highest BCUT2D eigenvalue weighted by atomic mass is 32.1. The molecule has 1 aliphatic heterocycles. The number of carbonyl (C=O) groups excluding carboxylic acids is 2. The molecule has 1 unspecified atom stereocenters. The summed E-state index contributed by atoms with van der Waals surface area (Å²) in [5.74, 6) is 1.05. The van der Waals surface area contributed by atoms with Crippen LogP contribution in [0.1, 0.15) is 39.9 Å². The second-order valence-electron chi connectivity index (χ2n) is 6.79. The number of ether oxygens (including phenoxy) is 3. The van der Waals surface area contributed by atoms with E-state index in [-0.39, 0.29) is 17.9 Å². The fraction of sp³-hybridized carbons (Fsp3) is 0.429. The van der Waals surface area contributed by atoms with Gasteiger partial charge in [0.05, 0.1) is 24.6 Å². The Labute approximate surface area is 174 Å². The van der Waals surface area contributed by atoms with Crippen LogP contribution in [0.4, 0.5) is 0 Å². The monoisotopic (exact) mass is 418 g/mol. The van der Waals surface area contributed by atoms with Crippen LogP contribution in [-0.4, -0.2) is 38.2 Å². The molecule has 0 saturated carbocycles. The van der Waals surface area contributed by atoms with Crippen molar-refractivity contribution in [2.24, 2.45) is 0 Å². The van der Waals surface area contributed by atoms with Gasteiger partial charge < -0.3 is 24.8 Å². The highest BCUT2D eigenvalue weighted by Crippen LogP contribution is 2.29. The second-order valence-corrected chi connectivity index (χ2v) is 7.96.